The molecule has 1 amide bonds. The van der Waals surface area contributed by atoms with Crippen LogP contribution in [0.5, 0.6) is 0 Å². The van der Waals surface area contributed by atoms with Gasteiger partial charge in [0.25, 0.3) is 5.69 Å². The first-order valence-electron chi connectivity index (χ1n) is 7.14. The van der Waals surface area contributed by atoms with Gasteiger partial charge in [0.15, 0.2) is 0 Å². The smallest absolute Gasteiger partial charge is 0.407 e. The van der Waals surface area contributed by atoms with E-state index in [0.29, 0.717) is 13.1 Å². The third-order valence-corrected chi connectivity index (χ3v) is 3.99. The summed E-state index contributed by atoms with van der Waals surface area (Å²) in [7, 11) is 0. The van der Waals surface area contributed by atoms with Crippen LogP contribution in [0.15, 0.2) is 18.2 Å². The third-order valence-electron chi connectivity index (χ3n) is 3.52. The summed E-state index contributed by atoms with van der Waals surface area (Å²) < 4.78 is 4.87. The summed E-state index contributed by atoms with van der Waals surface area (Å²) in [4.78, 5) is 24.0. The van der Waals surface area contributed by atoms with Gasteiger partial charge in [-0.2, -0.15) is 0 Å². The molecule has 1 aromatic rings. The van der Waals surface area contributed by atoms with Crippen molar-refractivity contribution in [1.29, 1.82) is 0 Å². The number of nitro benzene ring substituents is 1. The zero-order valence-electron chi connectivity index (χ0n) is 12.3. The van der Waals surface area contributed by atoms with Crippen molar-refractivity contribution < 1.29 is 14.5 Å². The van der Waals surface area contributed by atoms with Crippen molar-refractivity contribution >= 4 is 35.0 Å². The maximum atomic E-state index is 11.5. The molecule has 0 bridgehead atoms. The van der Waals surface area contributed by atoms with Crippen LogP contribution in [-0.2, 0) is 11.3 Å². The molecule has 9 heteroatoms. The van der Waals surface area contributed by atoms with Crippen molar-refractivity contribution in [2.75, 3.05) is 25.6 Å². The number of benzene rings is 1. The van der Waals surface area contributed by atoms with Crippen LogP contribution in [0, 0.1) is 10.1 Å². The molecule has 0 radical (unpaired) electrons. The molecular weight excluding hydrogens is 345 g/mol. The number of carbonyl (C=O) groups excluding carboxylic acids is 1. The highest BCUT2D eigenvalue weighted by molar-refractivity contribution is 6.32. The lowest BCUT2D eigenvalue weighted by Crippen LogP contribution is -2.37. The van der Waals surface area contributed by atoms with Gasteiger partial charge in [0.05, 0.1) is 10.8 Å². The van der Waals surface area contributed by atoms with Crippen LogP contribution in [-0.4, -0.2) is 47.5 Å². The van der Waals surface area contributed by atoms with Crippen LogP contribution in [0.1, 0.15) is 12.0 Å². The maximum absolute atomic E-state index is 11.5. The summed E-state index contributed by atoms with van der Waals surface area (Å²) in [6.07, 6.45) is 0.325. The maximum Gasteiger partial charge on any atom is 0.407 e. The Labute approximate surface area is 143 Å². The van der Waals surface area contributed by atoms with E-state index in [2.05, 4.69) is 10.2 Å². The molecule has 1 saturated heterocycles. The number of carbonyl (C=O) groups is 1. The van der Waals surface area contributed by atoms with Crippen molar-refractivity contribution in [2.24, 2.45) is 0 Å². The second-order valence-electron chi connectivity index (χ2n) is 5.23. The number of alkyl carbamates (subject to hydrolysis) is 1. The molecule has 0 spiro atoms. The van der Waals surface area contributed by atoms with E-state index in [-0.39, 0.29) is 29.2 Å². The Kier molecular flexibility index (Phi) is 6.44. The van der Waals surface area contributed by atoms with Crippen LogP contribution < -0.4 is 5.32 Å². The predicted molar refractivity (Wildman–Crippen MR) is 87.0 cm³/mol. The van der Waals surface area contributed by atoms with E-state index < -0.39 is 11.0 Å². The number of amides is 1. The minimum absolute atomic E-state index is 0.000103. The van der Waals surface area contributed by atoms with Gasteiger partial charge in [-0.3, -0.25) is 15.0 Å². The molecule has 1 aliphatic heterocycles. The number of rotatable bonds is 6. The number of nitrogens with zero attached hydrogens (tertiary/aromatic N) is 2. The monoisotopic (exact) mass is 361 g/mol. The number of ether oxygens (including phenoxy) is 1. The summed E-state index contributed by atoms with van der Waals surface area (Å²) in [5.74, 6) is 0.263. The van der Waals surface area contributed by atoms with Gasteiger partial charge in [0.1, 0.15) is 11.6 Å². The van der Waals surface area contributed by atoms with Gasteiger partial charge in [0.2, 0.25) is 0 Å². The summed E-state index contributed by atoms with van der Waals surface area (Å²) in [5, 5.41) is 13.8. The summed E-state index contributed by atoms with van der Waals surface area (Å²) in [5.41, 5.74) is 0.717. The van der Waals surface area contributed by atoms with Gasteiger partial charge < -0.3 is 10.1 Å². The Morgan fingerprint density at radius 1 is 1.52 bits per heavy atom. The van der Waals surface area contributed by atoms with E-state index in [1.165, 1.54) is 12.1 Å². The highest BCUT2D eigenvalue weighted by Gasteiger charge is 2.25. The lowest BCUT2D eigenvalue weighted by Gasteiger charge is -2.16. The SMILES string of the molecule is O=C(NC1CCN(Cc2ccc(Cl)c([N+](=O)[O-])c2)C1)OCCCl. The minimum Gasteiger partial charge on any atom is -0.448 e. The first-order valence-corrected chi connectivity index (χ1v) is 8.05. The van der Waals surface area contributed by atoms with Crippen molar-refractivity contribution in [1.82, 2.24) is 10.2 Å². The van der Waals surface area contributed by atoms with Crippen molar-refractivity contribution in [3.05, 3.63) is 38.9 Å². The number of nitro groups is 1. The third kappa shape index (κ3) is 5.23. The van der Waals surface area contributed by atoms with E-state index >= 15 is 0 Å². The quantitative estimate of drug-likeness (QED) is 0.478. The molecule has 0 aliphatic carbocycles. The van der Waals surface area contributed by atoms with Crippen LogP contribution in [0.2, 0.25) is 5.02 Å². The molecule has 126 valence electrons. The Morgan fingerprint density at radius 3 is 3.00 bits per heavy atom. The molecule has 1 atom stereocenters. The van der Waals surface area contributed by atoms with E-state index in [1.807, 2.05) is 0 Å². The van der Waals surface area contributed by atoms with Gasteiger partial charge in [-0.25, -0.2) is 4.79 Å². The fourth-order valence-electron chi connectivity index (χ4n) is 2.49. The topological polar surface area (TPSA) is 84.7 Å². The van der Waals surface area contributed by atoms with Crippen LogP contribution in [0.3, 0.4) is 0 Å². The van der Waals surface area contributed by atoms with Gasteiger partial charge in [0, 0.05) is 31.7 Å². The lowest BCUT2D eigenvalue weighted by molar-refractivity contribution is -0.384. The number of likely N-dealkylation sites (tertiary alicyclic amines) is 1. The number of hydrogen-bond acceptors (Lipinski definition) is 5. The number of alkyl halides is 1. The van der Waals surface area contributed by atoms with Gasteiger partial charge >= 0.3 is 6.09 Å². The van der Waals surface area contributed by atoms with E-state index in [0.717, 1.165) is 18.5 Å². The second-order valence-corrected chi connectivity index (χ2v) is 6.02. The Bertz CT molecular complexity index is 585. The molecule has 2 rings (SSSR count). The molecule has 1 N–H and O–H groups in total. The molecule has 23 heavy (non-hydrogen) atoms. The summed E-state index contributed by atoms with van der Waals surface area (Å²) >= 11 is 11.3. The van der Waals surface area contributed by atoms with Crippen LogP contribution in [0.25, 0.3) is 0 Å². The summed E-state index contributed by atoms with van der Waals surface area (Å²) in [6.45, 7) is 2.19. The van der Waals surface area contributed by atoms with Crippen molar-refractivity contribution in [2.45, 2.75) is 19.0 Å². The zero-order valence-corrected chi connectivity index (χ0v) is 13.8. The average Bonchev–Trinajstić information content (AvgIpc) is 2.93. The number of halogens is 2. The molecule has 1 fully saturated rings. The van der Waals surface area contributed by atoms with Crippen molar-refractivity contribution in [3.63, 3.8) is 0 Å². The molecule has 0 aromatic heterocycles. The molecule has 0 saturated carbocycles. The molecule has 1 aromatic carbocycles. The summed E-state index contributed by atoms with van der Waals surface area (Å²) in [6, 6.07) is 4.78. The van der Waals surface area contributed by atoms with E-state index in [4.69, 9.17) is 27.9 Å². The van der Waals surface area contributed by atoms with Gasteiger partial charge in [-0.1, -0.05) is 17.7 Å². The first kappa shape index (κ1) is 17.8. The lowest BCUT2D eigenvalue weighted by atomic mass is 10.2. The van der Waals surface area contributed by atoms with Gasteiger partial charge in [-0.15, -0.1) is 11.6 Å². The molecule has 1 aliphatic rings. The molecule has 1 unspecified atom stereocenters. The fourth-order valence-corrected chi connectivity index (χ4v) is 2.75. The molecule has 1 heterocycles. The predicted octanol–water partition coefficient (Wildman–Crippen LogP) is 2.79. The zero-order chi connectivity index (χ0) is 16.8. The van der Waals surface area contributed by atoms with Crippen LogP contribution >= 0.6 is 23.2 Å². The van der Waals surface area contributed by atoms with E-state index in [9.17, 15) is 14.9 Å². The second kappa shape index (κ2) is 8.33. The van der Waals surface area contributed by atoms with Crippen LogP contribution in [0.4, 0.5) is 10.5 Å². The minimum atomic E-state index is -0.493. The number of nitrogens with one attached hydrogen (secondary N) is 1. The molecular formula is C14H17Cl2N3O4. The standard InChI is InChI=1S/C14H17Cl2N3O4/c15-4-6-23-14(20)17-11-3-5-18(9-11)8-10-1-2-12(16)13(7-10)19(21)22/h1-2,7,11H,3-6,8-9H2,(H,17,20). The molecule has 7 nitrogen and oxygen atoms in total. The fraction of sp³-hybridized carbons (Fsp3) is 0.500. The highest BCUT2D eigenvalue weighted by atomic mass is 35.5. The highest BCUT2D eigenvalue weighted by Crippen LogP contribution is 2.26. The van der Waals surface area contributed by atoms with Crippen molar-refractivity contribution in [3.8, 4) is 0 Å². The average molecular weight is 362 g/mol. The number of hydrogen-bond donors (Lipinski definition) is 1. The normalized spacial score (nSPS) is 17.9. The Hall–Kier alpha value is -1.57. The Morgan fingerprint density at radius 2 is 2.30 bits per heavy atom. The largest absolute Gasteiger partial charge is 0.448 e. The Balaban J connectivity index is 1.87. The first-order chi connectivity index (χ1) is 11.0. The van der Waals surface area contributed by atoms with E-state index in [1.54, 1.807) is 6.07 Å². The van der Waals surface area contributed by atoms with Gasteiger partial charge in [-0.05, 0) is 18.1 Å².